The summed E-state index contributed by atoms with van der Waals surface area (Å²) in [4.78, 5) is 13.4. The average molecular weight is 565 g/mol. The second-order valence-electron chi connectivity index (χ2n) is 9.61. The lowest BCUT2D eigenvalue weighted by Crippen LogP contribution is -2.15. The van der Waals surface area contributed by atoms with E-state index >= 15 is 0 Å². The van der Waals surface area contributed by atoms with Crippen LogP contribution in [0.2, 0.25) is 0 Å². The normalized spacial score (nSPS) is 14.9. The number of nitrogens with two attached hydrogens (primary N) is 1. The Balaban J connectivity index is 0.000000251. The van der Waals surface area contributed by atoms with Crippen LogP contribution < -0.4 is 15.8 Å². The van der Waals surface area contributed by atoms with E-state index in [0.29, 0.717) is 17.6 Å². The van der Waals surface area contributed by atoms with Gasteiger partial charge in [-0.2, -0.15) is 0 Å². The quantitative estimate of drug-likeness (QED) is 0.131. The van der Waals surface area contributed by atoms with Crippen LogP contribution in [0.25, 0.3) is 16.9 Å². The summed E-state index contributed by atoms with van der Waals surface area (Å²) in [6.07, 6.45) is 17.5. The minimum atomic E-state index is 0.598. The van der Waals surface area contributed by atoms with Crippen LogP contribution in [0.4, 0.5) is 11.5 Å². The van der Waals surface area contributed by atoms with Crippen molar-refractivity contribution in [2.45, 2.75) is 33.6 Å². The molecule has 0 amide bonds. The maximum Gasteiger partial charge on any atom is 0.180 e. The van der Waals surface area contributed by atoms with Crippen molar-refractivity contribution in [2.24, 2.45) is 16.6 Å². The number of thiocarbonyl (C=S) groups is 1. The van der Waals surface area contributed by atoms with Gasteiger partial charge in [-0.3, -0.25) is 0 Å². The van der Waals surface area contributed by atoms with Gasteiger partial charge in [-0.25, -0.2) is 15.0 Å². The number of imidazole rings is 1. The van der Waals surface area contributed by atoms with Gasteiger partial charge in [0.05, 0.1) is 12.8 Å². The van der Waals surface area contributed by atoms with E-state index in [2.05, 4.69) is 47.4 Å². The number of anilines is 2. The lowest BCUT2D eigenvalue weighted by Gasteiger charge is -2.13. The van der Waals surface area contributed by atoms with Crippen LogP contribution in [0.5, 0.6) is 5.75 Å². The van der Waals surface area contributed by atoms with Crippen LogP contribution in [0.15, 0.2) is 102 Å². The van der Waals surface area contributed by atoms with Crippen LogP contribution in [0.3, 0.4) is 0 Å². The highest BCUT2D eigenvalue weighted by molar-refractivity contribution is 7.79. The monoisotopic (exact) mass is 564 g/mol. The van der Waals surface area contributed by atoms with Gasteiger partial charge >= 0.3 is 0 Å². The molecule has 0 radical (unpaired) electrons. The first-order chi connectivity index (χ1) is 19.9. The van der Waals surface area contributed by atoms with Gasteiger partial charge in [0.1, 0.15) is 11.6 Å². The lowest BCUT2D eigenvalue weighted by atomic mass is 9.98. The number of methoxy groups -OCH3 is 1. The second-order valence-corrected chi connectivity index (χ2v) is 9.85. The first-order valence-corrected chi connectivity index (χ1v) is 14.1. The highest BCUT2D eigenvalue weighted by Gasteiger charge is 2.11. The predicted molar refractivity (Wildman–Crippen MR) is 174 cm³/mol. The van der Waals surface area contributed by atoms with E-state index in [1.165, 1.54) is 0 Å². The molecule has 3 N–H and O–H groups in total. The molecular formula is C33H36N6OS. The Labute approximate surface area is 247 Å². The van der Waals surface area contributed by atoms with Crippen LogP contribution in [0, 0.1) is 5.92 Å². The number of aryl methyl sites for hydroxylation is 1. The van der Waals surface area contributed by atoms with Gasteiger partial charge in [-0.05, 0) is 48.9 Å². The number of hydrogen-bond acceptors (Lipinski definition) is 6. The van der Waals surface area contributed by atoms with Crippen molar-refractivity contribution in [1.29, 1.82) is 0 Å². The number of nitrogens with one attached hydrogen (secondary N) is 1. The van der Waals surface area contributed by atoms with Crippen LogP contribution in [0.1, 0.15) is 38.3 Å². The van der Waals surface area contributed by atoms with Crippen molar-refractivity contribution in [1.82, 2.24) is 14.4 Å². The van der Waals surface area contributed by atoms with Gasteiger partial charge in [0.2, 0.25) is 0 Å². The molecule has 0 spiro atoms. The van der Waals surface area contributed by atoms with E-state index in [0.717, 1.165) is 57.9 Å². The third-order valence-electron chi connectivity index (χ3n) is 6.60. The topological polar surface area (TPSA) is 89.8 Å². The number of amidine groups is 1. The van der Waals surface area contributed by atoms with Crippen molar-refractivity contribution in [2.75, 3.05) is 12.4 Å². The summed E-state index contributed by atoms with van der Waals surface area (Å²) < 4.78 is 7.48. The summed E-state index contributed by atoms with van der Waals surface area (Å²) in [7, 11) is 1.69. The number of aromatic nitrogens is 3. The fourth-order valence-electron chi connectivity index (χ4n) is 4.32. The van der Waals surface area contributed by atoms with Gasteiger partial charge in [-0.15, -0.1) is 0 Å². The van der Waals surface area contributed by atoms with Crippen molar-refractivity contribution >= 4 is 40.6 Å². The molecule has 0 saturated heterocycles. The molecule has 1 aliphatic rings. The zero-order valence-corrected chi connectivity index (χ0v) is 24.7. The number of hydrogen-bond donors (Lipinski definition) is 2. The molecule has 210 valence electrons. The van der Waals surface area contributed by atoms with E-state index < -0.39 is 0 Å². The minimum Gasteiger partial charge on any atom is -0.496 e. The van der Waals surface area contributed by atoms with Crippen LogP contribution in [-0.4, -0.2) is 32.7 Å². The Hall–Kier alpha value is -4.56. The molecule has 4 aromatic rings. The molecule has 7 nitrogen and oxygen atoms in total. The molecule has 41 heavy (non-hydrogen) atoms. The van der Waals surface area contributed by atoms with Crippen LogP contribution >= 0.6 is 12.2 Å². The highest BCUT2D eigenvalue weighted by atomic mass is 32.1. The Morgan fingerprint density at radius 1 is 1.27 bits per heavy atom. The smallest absolute Gasteiger partial charge is 0.180 e. The van der Waals surface area contributed by atoms with Crippen LogP contribution in [-0.2, 0) is 6.42 Å². The molecule has 8 heteroatoms. The molecular weight excluding hydrogens is 528 g/mol. The first kappa shape index (κ1) is 29.4. The van der Waals surface area contributed by atoms with Crippen molar-refractivity contribution < 1.29 is 4.74 Å². The zero-order valence-electron chi connectivity index (χ0n) is 23.9. The van der Waals surface area contributed by atoms with Crippen molar-refractivity contribution in [3.05, 3.63) is 108 Å². The molecule has 1 atom stereocenters. The molecule has 0 fully saturated rings. The van der Waals surface area contributed by atoms with Gasteiger partial charge in [0.15, 0.2) is 11.5 Å². The molecule has 2 aromatic heterocycles. The third-order valence-corrected chi connectivity index (χ3v) is 6.87. The molecule has 2 aromatic carbocycles. The van der Waals surface area contributed by atoms with Gasteiger partial charge in [-0.1, -0.05) is 74.6 Å². The first-order valence-electron chi connectivity index (χ1n) is 13.6. The van der Waals surface area contributed by atoms with E-state index in [4.69, 9.17) is 27.7 Å². The summed E-state index contributed by atoms with van der Waals surface area (Å²) in [5, 5.41) is 5.06. The summed E-state index contributed by atoms with van der Waals surface area (Å²) >= 11 is 5.06. The summed E-state index contributed by atoms with van der Waals surface area (Å²) in [6.45, 7) is 6.21. The SMILES string of the molecule is C/C=C\N=C(N)C1=CCC(C)C=C1.CCc1ccc(Nc2nc(-c3cccc(C=S)c3)cn3ccnc23)cc1OC. The lowest BCUT2D eigenvalue weighted by molar-refractivity contribution is 0.410. The summed E-state index contributed by atoms with van der Waals surface area (Å²) in [5.74, 6) is 2.76. The Bertz CT molecular complexity index is 1630. The predicted octanol–water partition coefficient (Wildman–Crippen LogP) is 7.46. The van der Waals surface area contributed by atoms with Crippen molar-refractivity contribution in [3.63, 3.8) is 0 Å². The van der Waals surface area contributed by atoms with Gasteiger partial charge in [0, 0.05) is 53.0 Å². The molecule has 0 saturated carbocycles. The van der Waals surface area contributed by atoms with E-state index in [9.17, 15) is 0 Å². The number of aliphatic imine (C=N–C) groups is 1. The zero-order chi connectivity index (χ0) is 29.2. The summed E-state index contributed by atoms with van der Waals surface area (Å²) in [6, 6.07) is 14.1. The van der Waals surface area contributed by atoms with E-state index in [-0.39, 0.29) is 0 Å². The molecule has 1 aliphatic carbocycles. The third kappa shape index (κ3) is 7.55. The largest absolute Gasteiger partial charge is 0.496 e. The molecule has 5 rings (SSSR count). The highest BCUT2D eigenvalue weighted by Crippen LogP contribution is 2.28. The fraction of sp³-hybridized carbons (Fsp3) is 0.212. The van der Waals surface area contributed by atoms with E-state index in [1.54, 1.807) is 24.9 Å². The van der Waals surface area contributed by atoms with Crippen molar-refractivity contribution in [3.8, 4) is 17.0 Å². The van der Waals surface area contributed by atoms with Gasteiger partial charge < -0.3 is 20.2 Å². The Morgan fingerprint density at radius 2 is 2.12 bits per heavy atom. The maximum atomic E-state index is 5.76. The fourth-order valence-corrected chi connectivity index (χ4v) is 4.47. The number of fused-ring (bicyclic) bond motifs is 1. The minimum absolute atomic E-state index is 0.598. The molecule has 0 aliphatic heterocycles. The second kappa shape index (κ2) is 14.2. The molecule has 2 heterocycles. The number of ether oxygens (including phenoxy) is 1. The maximum absolute atomic E-state index is 5.76. The number of benzene rings is 2. The van der Waals surface area contributed by atoms with Gasteiger partial charge in [0.25, 0.3) is 0 Å². The summed E-state index contributed by atoms with van der Waals surface area (Å²) in [5.41, 5.74) is 12.4. The Morgan fingerprint density at radius 3 is 2.83 bits per heavy atom. The Kier molecular flexibility index (Phi) is 10.2. The van der Waals surface area contributed by atoms with E-state index in [1.807, 2.05) is 72.3 Å². The number of rotatable bonds is 8. The molecule has 1 unspecified atom stereocenters. The number of nitrogens with zero attached hydrogens (tertiary/aromatic N) is 4. The average Bonchev–Trinajstić information content (AvgIpc) is 3.50. The molecule has 0 bridgehead atoms. The standard InChI is InChI=1S/C22H20N4OS.C11H16N2/c1-3-16-7-8-18(12-20(16)27-2)24-21-22-23-9-10-26(22)13-19(25-21)17-6-4-5-15(11-17)14-28;1-3-8-13-11(12)10-6-4-9(2)5-7-10/h4-14H,3H2,1-2H3,(H,24,25);3-4,6-9H,5H2,1-2H3,(H2,12,13)/b;8-3-. The number of allylic oxidation sites excluding steroid dienone is 3.